The molecule has 2 aliphatic heterocycles. The fraction of sp³-hybridized carbons (Fsp3) is 0.409. The lowest BCUT2D eigenvalue weighted by Gasteiger charge is -2.53. The van der Waals surface area contributed by atoms with Gasteiger partial charge in [-0.15, -0.1) is 5.10 Å². The zero-order valence-corrected chi connectivity index (χ0v) is 18.8. The number of hydrogen-bond donors (Lipinski definition) is 1. The molecule has 0 unspecified atom stereocenters. The van der Waals surface area contributed by atoms with Gasteiger partial charge in [-0.3, -0.25) is 4.79 Å². The molecule has 7 nitrogen and oxygen atoms in total. The fourth-order valence-electron chi connectivity index (χ4n) is 4.11. The summed E-state index contributed by atoms with van der Waals surface area (Å²) in [6.45, 7) is 6.24. The van der Waals surface area contributed by atoms with E-state index >= 15 is 0 Å². The first-order valence-corrected chi connectivity index (χ1v) is 10.7. The number of aldehydes is 1. The molecule has 0 amide bonds. The summed E-state index contributed by atoms with van der Waals surface area (Å²) < 4.78 is 45.1. The molecule has 176 valence electrons. The molecule has 33 heavy (non-hydrogen) atoms. The first-order valence-electron chi connectivity index (χ1n) is 10.3. The molecule has 11 heteroatoms. The minimum Gasteiger partial charge on any atom is -0.380 e. The van der Waals surface area contributed by atoms with Crippen LogP contribution in [0.25, 0.3) is 5.52 Å². The van der Waals surface area contributed by atoms with Gasteiger partial charge in [-0.05, 0) is 49.3 Å². The van der Waals surface area contributed by atoms with E-state index in [1.807, 2.05) is 0 Å². The van der Waals surface area contributed by atoms with E-state index in [1.54, 1.807) is 19.1 Å². The second kappa shape index (κ2) is 8.92. The summed E-state index contributed by atoms with van der Waals surface area (Å²) in [4.78, 5) is 17.3. The van der Waals surface area contributed by atoms with Crippen LogP contribution in [0.3, 0.4) is 0 Å². The molecule has 2 aliphatic rings. The number of alkyl halides is 3. The van der Waals surface area contributed by atoms with Crippen LogP contribution in [0.1, 0.15) is 34.5 Å². The summed E-state index contributed by atoms with van der Waals surface area (Å²) >= 11 is 5.87. The maximum atomic E-state index is 12.9. The van der Waals surface area contributed by atoms with Gasteiger partial charge in [-0.25, -0.2) is 4.52 Å². The van der Waals surface area contributed by atoms with Crippen molar-refractivity contribution in [3.8, 4) is 0 Å². The Hall–Kier alpha value is -2.69. The summed E-state index contributed by atoms with van der Waals surface area (Å²) in [6, 6.07) is 6.10. The van der Waals surface area contributed by atoms with Crippen molar-refractivity contribution >= 4 is 29.2 Å². The van der Waals surface area contributed by atoms with Gasteiger partial charge >= 0.3 is 6.18 Å². The summed E-state index contributed by atoms with van der Waals surface area (Å²) in [5.74, 6) is 0.318. The minimum absolute atomic E-state index is 0.0562. The molecule has 4 heterocycles. The second-order valence-electron chi connectivity index (χ2n) is 8.60. The zero-order valence-electron chi connectivity index (χ0n) is 18.1. The molecule has 2 aromatic heterocycles. The van der Waals surface area contributed by atoms with Gasteiger partial charge in [0, 0.05) is 30.3 Å². The van der Waals surface area contributed by atoms with Crippen molar-refractivity contribution in [1.29, 1.82) is 0 Å². The smallest absolute Gasteiger partial charge is 0.380 e. The molecule has 3 aromatic rings. The molecule has 1 aromatic carbocycles. The fourth-order valence-corrected chi connectivity index (χ4v) is 4.27. The zero-order chi connectivity index (χ0) is 23.8. The van der Waals surface area contributed by atoms with Gasteiger partial charge in [-0.1, -0.05) is 12.1 Å². The van der Waals surface area contributed by atoms with Crippen LogP contribution in [-0.4, -0.2) is 59.1 Å². The summed E-state index contributed by atoms with van der Waals surface area (Å²) in [5, 5.41) is 6.92. The molecule has 5 rings (SSSR count). The number of anilines is 1. The number of ether oxygens (including phenoxy) is 1. The maximum absolute atomic E-state index is 12.9. The Balaban J connectivity index is 0.000000269. The summed E-state index contributed by atoms with van der Waals surface area (Å²) in [6.07, 6.45) is -2.28. The molecule has 0 bridgehead atoms. The number of hydrogen-bond acceptors (Lipinski definition) is 6. The molecule has 0 radical (unpaired) electrons. The molecule has 2 saturated heterocycles. The highest BCUT2D eigenvalue weighted by molar-refractivity contribution is 6.28. The number of likely N-dealkylation sites (tertiary alicyclic amines) is 1. The Kier molecular flexibility index (Phi) is 6.35. The average molecular weight is 482 g/mol. The maximum Gasteiger partial charge on any atom is 0.416 e. The summed E-state index contributed by atoms with van der Waals surface area (Å²) in [5.41, 5.74) is 1.20. The first kappa shape index (κ1) is 23.5. The second-order valence-corrected chi connectivity index (χ2v) is 8.94. The van der Waals surface area contributed by atoms with E-state index in [0.717, 1.165) is 25.3 Å². The number of benzene rings is 1. The van der Waals surface area contributed by atoms with Crippen LogP contribution in [0.5, 0.6) is 0 Å². The highest BCUT2D eigenvalue weighted by Gasteiger charge is 2.47. The van der Waals surface area contributed by atoms with E-state index in [0.29, 0.717) is 34.2 Å². The Morgan fingerprint density at radius 1 is 1.27 bits per heavy atom. The SMILES string of the molecule is CN1CC2(COC2)C1.C[C@@H](Nc1nc(Cl)nn2cc(C=O)cc12)c1cccc(C(F)(F)F)c1. The molecule has 2 fully saturated rings. The molecule has 0 aliphatic carbocycles. The number of nitrogens with one attached hydrogen (secondary N) is 1. The van der Waals surface area contributed by atoms with Crippen molar-refractivity contribution in [1.82, 2.24) is 19.5 Å². The Morgan fingerprint density at radius 2 is 2.00 bits per heavy atom. The third kappa shape index (κ3) is 5.13. The van der Waals surface area contributed by atoms with Crippen LogP contribution in [0, 0.1) is 5.41 Å². The molecule has 1 atom stereocenters. The third-order valence-corrected chi connectivity index (χ3v) is 5.85. The minimum atomic E-state index is -4.42. The number of aromatic nitrogens is 3. The van der Waals surface area contributed by atoms with E-state index in [1.165, 1.54) is 29.9 Å². The molecular weight excluding hydrogens is 459 g/mol. The quantitative estimate of drug-likeness (QED) is 0.559. The first-order chi connectivity index (χ1) is 15.6. The highest BCUT2D eigenvalue weighted by Crippen LogP contribution is 2.36. The van der Waals surface area contributed by atoms with Crippen LogP contribution in [0.15, 0.2) is 36.5 Å². The lowest BCUT2D eigenvalue weighted by atomic mass is 9.79. The van der Waals surface area contributed by atoms with Crippen LogP contribution in [0.4, 0.5) is 19.0 Å². The molecule has 0 saturated carbocycles. The van der Waals surface area contributed by atoms with E-state index in [4.69, 9.17) is 16.3 Å². The van der Waals surface area contributed by atoms with Crippen LogP contribution in [-0.2, 0) is 10.9 Å². The van der Waals surface area contributed by atoms with Crippen molar-refractivity contribution in [3.05, 3.63) is 58.5 Å². The van der Waals surface area contributed by atoms with E-state index < -0.39 is 17.8 Å². The normalized spacial score (nSPS) is 18.1. The van der Waals surface area contributed by atoms with E-state index in [9.17, 15) is 18.0 Å². The van der Waals surface area contributed by atoms with E-state index in [-0.39, 0.29) is 5.28 Å². The van der Waals surface area contributed by atoms with Crippen LogP contribution >= 0.6 is 11.6 Å². The predicted molar refractivity (Wildman–Crippen MR) is 118 cm³/mol. The van der Waals surface area contributed by atoms with Crippen LogP contribution < -0.4 is 5.32 Å². The number of carbonyl (C=O) groups excluding carboxylic acids is 1. The largest absolute Gasteiger partial charge is 0.416 e. The van der Waals surface area contributed by atoms with Crippen molar-refractivity contribution in [2.24, 2.45) is 5.41 Å². The number of fused-ring (bicyclic) bond motifs is 1. The van der Waals surface area contributed by atoms with Crippen molar-refractivity contribution in [2.45, 2.75) is 19.1 Å². The van der Waals surface area contributed by atoms with Crippen molar-refractivity contribution in [2.75, 3.05) is 38.7 Å². The third-order valence-electron chi connectivity index (χ3n) is 5.69. The van der Waals surface area contributed by atoms with Gasteiger partial charge in [0.05, 0.1) is 24.8 Å². The monoisotopic (exact) mass is 481 g/mol. The van der Waals surface area contributed by atoms with Gasteiger partial charge in [0.2, 0.25) is 5.28 Å². The van der Waals surface area contributed by atoms with Gasteiger partial charge in [-0.2, -0.15) is 18.2 Å². The topological polar surface area (TPSA) is 71.8 Å². The Labute approximate surface area is 193 Å². The van der Waals surface area contributed by atoms with Gasteiger partial charge < -0.3 is 15.0 Å². The standard InChI is InChI=1S/C16H12ClF3N4O.C6H11NO/c1-9(11-3-2-4-12(6-11)16(18,19)20)21-14-13-5-10(8-25)7-24(13)23-15(17)22-14;1-7-2-6(3-7)4-8-5-6/h2-9H,1H3,(H,21,22,23);2-5H2,1H3/t9-;/m1./s1. The average Bonchev–Trinajstić information content (AvgIpc) is 3.13. The van der Waals surface area contributed by atoms with Crippen LogP contribution in [0.2, 0.25) is 5.28 Å². The number of carbonyl (C=O) groups is 1. The Bertz CT molecular complexity index is 1150. The van der Waals surface area contributed by atoms with Gasteiger partial charge in [0.1, 0.15) is 5.52 Å². The van der Waals surface area contributed by atoms with Crippen molar-refractivity contribution in [3.63, 3.8) is 0 Å². The van der Waals surface area contributed by atoms with Gasteiger partial charge in [0.25, 0.3) is 0 Å². The lowest BCUT2D eigenvalue weighted by molar-refractivity contribution is -0.182. The van der Waals surface area contributed by atoms with Crippen molar-refractivity contribution < 1.29 is 22.7 Å². The summed E-state index contributed by atoms with van der Waals surface area (Å²) in [7, 11) is 2.16. The number of halogens is 4. The van der Waals surface area contributed by atoms with Gasteiger partial charge in [0.15, 0.2) is 12.1 Å². The highest BCUT2D eigenvalue weighted by atomic mass is 35.5. The Morgan fingerprint density at radius 3 is 2.55 bits per heavy atom. The van der Waals surface area contributed by atoms with E-state index in [2.05, 4.69) is 27.3 Å². The molecular formula is C22H23ClF3N5O2. The lowest BCUT2D eigenvalue weighted by Crippen LogP contribution is -2.64. The number of rotatable bonds is 4. The number of nitrogens with zero attached hydrogens (tertiary/aromatic N) is 4. The molecule has 1 spiro atoms. The predicted octanol–water partition coefficient (Wildman–Crippen LogP) is 4.34. The molecule has 1 N–H and O–H groups in total.